The third kappa shape index (κ3) is 3.11. The molecular weight excluding hydrogens is 150 g/mol. The lowest BCUT2D eigenvalue weighted by atomic mass is 10.2. The van der Waals surface area contributed by atoms with Crippen molar-refractivity contribution in [2.75, 3.05) is 6.54 Å². The number of guanidine groups is 1. The van der Waals surface area contributed by atoms with E-state index in [1.54, 1.807) is 0 Å². The molecule has 1 saturated carbocycles. The summed E-state index contributed by atoms with van der Waals surface area (Å²) in [6.07, 6.45) is 3.74. The molecule has 0 amide bonds. The van der Waals surface area contributed by atoms with E-state index in [1.165, 1.54) is 12.8 Å². The highest BCUT2D eigenvalue weighted by molar-refractivity contribution is 5.78. The van der Waals surface area contributed by atoms with Crippen LogP contribution in [0.4, 0.5) is 0 Å². The summed E-state index contributed by atoms with van der Waals surface area (Å²) >= 11 is 0. The SMILES string of the molecule is CCCN=C(N)NC(C)C1CC1. The fraction of sp³-hybridized carbons (Fsp3) is 0.889. The van der Waals surface area contributed by atoms with Gasteiger partial charge < -0.3 is 11.1 Å². The van der Waals surface area contributed by atoms with Crippen molar-refractivity contribution in [1.29, 1.82) is 0 Å². The number of nitrogens with zero attached hydrogens (tertiary/aromatic N) is 1. The van der Waals surface area contributed by atoms with Gasteiger partial charge in [-0.1, -0.05) is 6.92 Å². The Morgan fingerprint density at radius 1 is 1.67 bits per heavy atom. The van der Waals surface area contributed by atoms with E-state index in [-0.39, 0.29) is 0 Å². The minimum Gasteiger partial charge on any atom is -0.370 e. The summed E-state index contributed by atoms with van der Waals surface area (Å²) in [5, 5.41) is 3.20. The van der Waals surface area contributed by atoms with Crippen LogP contribution in [0.5, 0.6) is 0 Å². The molecule has 0 radical (unpaired) electrons. The predicted octanol–water partition coefficient (Wildman–Crippen LogP) is 1.10. The van der Waals surface area contributed by atoms with E-state index >= 15 is 0 Å². The Balaban J connectivity index is 2.19. The minimum atomic E-state index is 0.505. The number of aliphatic imine (C=N–C) groups is 1. The van der Waals surface area contributed by atoms with Crippen LogP contribution in [0.2, 0.25) is 0 Å². The molecule has 0 aromatic carbocycles. The molecule has 0 aromatic rings. The molecule has 1 atom stereocenters. The van der Waals surface area contributed by atoms with E-state index in [4.69, 9.17) is 5.73 Å². The lowest BCUT2D eigenvalue weighted by Gasteiger charge is -2.12. The van der Waals surface area contributed by atoms with Gasteiger partial charge in [0.1, 0.15) is 0 Å². The van der Waals surface area contributed by atoms with Gasteiger partial charge in [0.25, 0.3) is 0 Å². The average Bonchev–Trinajstić information content (AvgIpc) is 2.82. The van der Waals surface area contributed by atoms with Gasteiger partial charge in [-0.3, -0.25) is 4.99 Å². The second-order valence-electron chi connectivity index (χ2n) is 3.54. The highest BCUT2D eigenvalue weighted by atomic mass is 15.1. The summed E-state index contributed by atoms with van der Waals surface area (Å²) in [7, 11) is 0. The topological polar surface area (TPSA) is 50.4 Å². The molecule has 70 valence electrons. The normalized spacial score (nSPS) is 20.7. The average molecular weight is 169 g/mol. The molecule has 1 aliphatic carbocycles. The number of hydrogen-bond donors (Lipinski definition) is 2. The van der Waals surface area contributed by atoms with E-state index in [2.05, 4.69) is 24.2 Å². The van der Waals surface area contributed by atoms with Gasteiger partial charge in [0.2, 0.25) is 0 Å². The Kier molecular flexibility index (Phi) is 3.38. The maximum Gasteiger partial charge on any atom is 0.188 e. The molecule has 0 spiro atoms. The maximum absolute atomic E-state index is 5.67. The number of nitrogens with one attached hydrogen (secondary N) is 1. The van der Waals surface area contributed by atoms with Crippen LogP contribution in [0.3, 0.4) is 0 Å². The van der Waals surface area contributed by atoms with Crippen LogP contribution in [-0.2, 0) is 0 Å². The Bertz CT molecular complexity index is 161. The van der Waals surface area contributed by atoms with Gasteiger partial charge in [-0.15, -0.1) is 0 Å². The van der Waals surface area contributed by atoms with Crippen molar-refractivity contribution >= 4 is 5.96 Å². The number of nitrogens with two attached hydrogens (primary N) is 1. The molecule has 3 heteroatoms. The molecule has 0 saturated heterocycles. The van der Waals surface area contributed by atoms with E-state index in [1.807, 2.05) is 0 Å². The number of rotatable bonds is 4. The van der Waals surface area contributed by atoms with Gasteiger partial charge in [0.15, 0.2) is 5.96 Å². The van der Waals surface area contributed by atoms with E-state index in [0.29, 0.717) is 12.0 Å². The Morgan fingerprint density at radius 3 is 2.83 bits per heavy atom. The van der Waals surface area contributed by atoms with Crippen LogP contribution in [0.15, 0.2) is 4.99 Å². The molecule has 3 nitrogen and oxygen atoms in total. The second kappa shape index (κ2) is 4.33. The molecule has 1 unspecified atom stereocenters. The van der Waals surface area contributed by atoms with Crippen molar-refractivity contribution < 1.29 is 0 Å². The molecular formula is C9H19N3. The monoisotopic (exact) mass is 169 g/mol. The Labute approximate surface area is 74.4 Å². The van der Waals surface area contributed by atoms with Crippen molar-refractivity contribution in [1.82, 2.24) is 5.32 Å². The molecule has 0 heterocycles. The first-order valence-corrected chi connectivity index (χ1v) is 4.80. The van der Waals surface area contributed by atoms with Gasteiger partial charge in [-0.25, -0.2) is 0 Å². The maximum atomic E-state index is 5.67. The van der Waals surface area contributed by atoms with Crippen LogP contribution < -0.4 is 11.1 Å². The zero-order valence-electron chi connectivity index (χ0n) is 8.01. The number of hydrogen-bond acceptors (Lipinski definition) is 1. The zero-order chi connectivity index (χ0) is 8.97. The molecule has 0 bridgehead atoms. The van der Waals surface area contributed by atoms with Crippen molar-refractivity contribution in [2.45, 2.75) is 39.2 Å². The largest absolute Gasteiger partial charge is 0.370 e. The molecule has 0 aromatic heterocycles. The van der Waals surface area contributed by atoms with Crippen molar-refractivity contribution in [3.8, 4) is 0 Å². The van der Waals surface area contributed by atoms with Gasteiger partial charge in [-0.05, 0) is 32.1 Å². The summed E-state index contributed by atoms with van der Waals surface area (Å²) in [6, 6.07) is 0.505. The van der Waals surface area contributed by atoms with Crippen LogP contribution in [0.25, 0.3) is 0 Å². The second-order valence-corrected chi connectivity index (χ2v) is 3.54. The first-order chi connectivity index (χ1) is 5.74. The van der Waals surface area contributed by atoms with E-state index in [9.17, 15) is 0 Å². The zero-order valence-corrected chi connectivity index (χ0v) is 8.01. The quantitative estimate of drug-likeness (QED) is 0.489. The van der Waals surface area contributed by atoms with Crippen molar-refractivity contribution in [3.05, 3.63) is 0 Å². The van der Waals surface area contributed by atoms with Crippen LogP contribution in [0, 0.1) is 5.92 Å². The highest BCUT2D eigenvalue weighted by Gasteiger charge is 2.27. The summed E-state index contributed by atoms with van der Waals surface area (Å²) in [5.74, 6) is 1.44. The summed E-state index contributed by atoms with van der Waals surface area (Å²) in [6.45, 7) is 5.10. The molecule has 1 fully saturated rings. The standard InChI is InChI=1S/C9H19N3/c1-3-6-11-9(10)12-7(2)8-4-5-8/h7-8H,3-6H2,1-2H3,(H3,10,11,12). The molecule has 12 heavy (non-hydrogen) atoms. The fourth-order valence-corrected chi connectivity index (χ4v) is 1.23. The van der Waals surface area contributed by atoms with Gasteiger partial charge in [-0.2, -0.15) is 0 Å². The lowest BCUT2D eigenvalue weighted by molar-refractivity contribution is 0.583. The van der Waals surface area contributed by atoms with Crippen molar-refractivity contribution in [3.63, 3.8) is 0 Å². The first kappa shape index (κ1) is 9.36. The Morgan fingerprint density at radius 2 is 2.33 bits per heavy atom. The summed E-state index contributed by atoms with van der Waals surface area (Å²) < 4.78 is 0. The van der Waals surface area contributed by atoms with Crippen LogP contribution in [0.1, 0.15) is 33.1 Å². The molecule has 3 N–H and O–H groups in total. The molecule has 1 aliphatic rings. The molecule has 1 rings (SSSR count). The summed E-state index contributed by atoms with van der Waals surface area (Å²) in [4.78, 5) is 4.18. The summed E-state index contributed by atoms with van der Waals surface area (Å²) in [5.41, 5.74) is 5.67. The van der Waals surface area contributed by atoms with E-state index in [0.717, 1.165) is 18.9 Å². The van der Waals surface area contributed by atoms with Gasteiger partial charge in [0, 0.05) is 12.6 Å². The van der Waals surface area contributed by atoms with E-state index < -0.39 is 0 Å². The van der Waals surface area contributed by atoms with Crippen molar-refractivity contribution in [2.24, 2.45) is 16.6 Å². The minimum absolute atomic E-state index is 0.505. The van der Waals surface area contributed by atoms with Crippen LogP contribution in [-0.4, -0.2) is 18.5 Å². The highest BCUT2D eigenvalue weighted by Crippen LogP contribution is 2.32. The first-order valence-electron chi connectivity index (χ1n) is 4.80. The Hall–Kier alpha value is -0.730. The van der Waals surface area contributed by atoms with Crippen LogP contribution >= 0.6 is 0 Å². The smallest absolute Gasteiger partial charge is 0.188 e. The third-order valence-corrected chi connectivity index (χ3v) is 2.21. The lowest BCUT2D eigenvalue weighted by Crippen LogP contribution is -2.39. The third-order valence-electron chi connectivity index (χ3n) is 2.21. The predicted molar refractivity (Wildman–Crippen MR) is 52.1 cm³/mol. The van der Waals surface area contributed by atoms with Gasteiger partial charge >= 0.3 is 0 Å². The van der Waals surface area contributed by atoms with Gasteiger partial charge in [0.05, 0.1) is 0 Å². The molecule has 0 aliphatic heterocycles. The fourth-order valence-electron chi connectivity index (χ4n) is 1.23.